The van der Waals surface area contributed by atoms with Crippen LogP contribution in [0, 0.1) is 5.82 Å². The Balaban J connectivity index is 1.95. The van der Waals surface area contributed by atoms with E-state index in [9.17, 15) is 4.39 Å². The maximum Gasteiger partial charge on any atom is 0.123 e. The number of rotatable bonds is 7. The molecule has 1 unspecified atom stereocenters. The van der Waals surface area contributed by atoms with Gasteiger partial charge in [-0.25, -0.2) is 4.39 Å². The predicted molar refractivity (Wildman–Crippen MR) is 92.4 cm³/mol. The van der Waals surface area contributed by atoms with E-state index in [-0.39, 0.29) is 5.82 Å². The zero-order chi connectivity index (χ0) is 15.1. The van der Waals surface area contributed by atoms with Crippen molar-refractivity contribution in [3.63, 3.8) is 0 Å². The number of likely N-dealkylation sites (N-methyl/N-ethyl adjacent to an activating group) is 1. The van der Waals surface area contributed by atoms with E-state index in [2.05, 4.69) is 46.4 Å². The normalized spacial score (nSPS) is 12.3. The summed E-state index contributed by atoms with van der Waals surface area (Å²) < 4.78 is 14.1. The lowest BCUT2D eigenvalue weighted by atomic mass is 10.1. The second-order valence-corrected chi connectivity index (χ2v) is 6.76. The molecule has 1 atom stereocenters. The predicted octanol–water partition coefficient (Wildman–Crippen LogP) is 4.90. The maximum atomic E-state index is 12.9. The summed E-state index contributed by atoms with van der Waals surface area (Å²) in [5.41, 5.74) is 1.31. The monoisotopic (exact) mass is 367 g/mol. The molecular formula is C17H19BrFNS. The highest BCUT2D eigenvalue weighted by Gasteiger charge is 2.11. The molecule has 2 aromatic carbocycles. The SMILES string of the molecule is CCNC(CSc1ccc(F)cc1)Cc1ccccc1Br. The lowest BCUT2D eigenvalue weighted by Crippen LogP contribution is -2.33. The molecule has 1 N–H and O–H groups in total. The highest BCUT2D eigenvalue weighted by Crippen LogP contribution is 2.22. The van der Waals surface area contributed by atoms with Crippen LogP contribution in [0.25, 0.3) is 0 Å². The zero-order valence-corrected chi connectivity index (χ0v) is 14.4. The Morgan fingerprint density at radius 3 is 2.52 bits per heavy atom. The van der Waals surface area contributed by atoms with Crippen LogP contribution < -0.4 is 5.32 Å². The van der Waals surface area contributed by atoms with Crippen LogP contribution in [0.2, 0.25) is 0 Å². The van der Waals surface area contributed by atoms with Gasteiger partial charge in [0.05, 0.1) is 0 Å². The first-order chi connectivity index (χ1) is 10.2. The number of hydrogen-bond donors (Lipinski definition) is 1. The molecule has 2 rings (SSSR count). The van der Waals surface area contributed by atoms with Gasteiger partial charge in [0.15, 0.2) is 0 Å². The Kier molecular flexibility index (Phi) is 6.74. The molecule has 21 heavy (non-hydrogen) atoms. The summed E-state index contributed by atoms with van der Waals surface area (Å²) in [6.45, 7) is 3.06. The van der Waals surface area contributed by atoms with Gasteiger partial charge < -0.3 is 5.32 Å². The molecule has 1 nitrogen and oxygen atoms in total. The van der Waals surface area contributed by atoms with Crippen LogP contribution in [0.4, 0.5) is 4.39 Å². The van der Waals surface area contributed by atoms with Crippen molar-refractivity contribution in [2.75, 3.05) is 12.3 Å². The van der Waals surface area contributed by atoms with Crippen molar-refractivity contribution in [1.82, 2.24) is 5.32 Å². The summed E-state index contributed by atoms with van der Waals surface area (Å²) in [6.07, 6.45) is 0.976. The molecule has 0 aliphatic heterocycles. The molecule has 0 saturated carbocycles. The number of thioether (sulfide) groups is 1. The molecule has 0 aliphatic carbocycles. The maximum absolute atomic E-state index is 12.9. The van der Waals surface area contributed by atoms with Crippen LogP contribution in [0.1, 0.15) is 12.5 Å². The molecule has 0 spiro atoms. The summed E-state index contributed by atoms with van der Waals surface area (Å²) in [6, 6.07) is 15.4. The van der Waals surface area contributed by atoms with Crippen molar-refractivity contribution >= 4 is 27.7 Å². The molecule has 4 heteroatoms. The number of halogens is 2. The fourth-order valence-electron chi connectivity index (χ4n) is 2.14. The average Bonchev–Trinajstić information content (AvgIpc) is 2.49. The van der Waals surface area contributed by atoms with Crippen molar-refractivity contribution in [2.24, 2.45) is 0 Å². The van der Waals surface area contributed by atoms with Crippen LogP contribution >= 0.6 is 27.7 Å². The molecule has 0 saturated heterocycles. The van der Waals surface area contributed by atoms with E-state index < -0.39 is 0 Å². The zero-order valence-electron chi connectivity index (χ0n) is 12.0. The van der Waals surface area contributed by atoms with Gasteiger partial charge in [-0.2, -0.15) is 0 Å². The molecule has 0 aliphatic rings. The summed E-state index contributed by atoms with van der Waals surface area (Å²) in [7, 11) is 0. The minimum absolute atomic E-state index is 0.184. The van der Waals surface area contributed by atoms with E-state index in [1.54, 1.807) is 11.8 Å². The Morgan fingerprint density at radius 2 is 1.86 bits per heavy atom. The van der Waals surface area contributed by atoms with Gasteiger partial charge in [0.2, 0.25) is 0 Å². The van der Waals surface area contributed by atoms with E-state index in [4.69, 9.17) is 0 Å². The van der Waals surface area contributed by atoms with Crippen LogP contribution in [0.15, 0.2) is 57.9 Å². The number of benzene rings is 2. The highest BCUT2D eigenvalue weighted by atomic mass is 79.9. The van der Waals surface area contributed by atoms with Gasteiger partial charge in [-0.05, 0) is 48.9 Å². The third-order valence-corrected chi connectivity index (χ3v) is 5.13. The topological polar surface area (TPSA) is 12.0 Å². The fourth-order valence-corrected chi connectivity index (χ4v) is 3.54. The Bertz CT molecular complexity index is 559. The second kappa shape index (κ2) is 8.57. The molecule has 0 amide bonds. The van der Waals surface area contributed by atoms with Crippen LogP contribution in [-0.4, -0.2) is 18.3 Å². The van der Waals surface area contributed by atoms with E-state index in [1.807, 2.05) is 18.2 Å². The first-order valence-electron chi connectivity index (χ1n) is 7.04. The minimum atomic E-state index is -0.184. The molecule has 0 radical (unpaired) electrons. The van der Waals surface area contributed by atoms with Crippen molar-refractivity contribution in [2.45, 2.75) is 24.3 Å². The third kappa shape index (κ3) is 5.46. The van der Waals surface area contributed by atoms with Crippen LogP contribution in [0.5, 0.6) is 0 Å². The first kappa shape index (κ1) is 16.5. The van der Waals surface area contributed by atoms with Gasteiger partial charge in [-0.15, -0.1) is 11.8 Å². The summed E-state index contributed by atoms with van der Waals surface area (Å²) in [4.78, 5) is 1.10. The fraction of sp³-hybridized carbons (Fsp3) is 0.294. The van der Waals surface area contributed by atoms with Gasteiger partial charge in [-0.3, -0.25) is 0 Å². The van der Waals surface area contributed by atoms with E-state index in [0.717, 1.165) is 28.1 Å². The van der Waals surface area contributed by atoms with Gasteiger partial charge in [0.25, 0.3) is 0 Å². The molecule has 2 aromatic rings. The van der Waals surface area contributed by atoms with Crippen molar-refractivity contribution in [3.8, 4) is 0 Å². The smallest absolute Gasteiger partial charge is 0.123 e. The van der Waals surface area contributed by atoms with Crippen molar-refractivity contribution < 1.29 is 4.39 Å². The second-order valence-electron chi connectivity index (χ2n) is 4.82. The van der Waals surface area contributed by atoms with Gasteiger partial charge in [-0.1, -0.05) is 41.1 Å². The number of hydrogen-bond acceptors (Lipinski definition) is 2. The highest BCUT2D eigenvalue weighted by molar-refractivity contribution is 9.10. The molecule has 0 fully saturated rings. The first-order valence-corrected chi connectivity index (χ1v) is 8.82. The lowest BCUT2D eigenvalue weighted by Gasteiger charge is -2.18. The van der Waals surface area contributed by atoms with Crippen LogP contribution in [-0.2, 0) is 6.42 Å². The summed E-state index contributed by atoms with van der Waals surface area (Å²) in [5, 5.41) is 3.52. The van der Waals surface area contributed by atoms with Gasteiger partial charge >= 0.3 is 0 Å². The molecular weight excluding hydrogens is 349 g/mol. The minimum Gasteiger partial charge on any atom is -0.313 e. The van der Waals surface area contributed by atoms with E-state index >= 15 is 0 Å². The quantitative estimate of drug-likeness (QED) is 0.698. The lowest BCUT2D eigenvalue weighted by molar-refractivity contribution is 0.572. The largest absolute Gasteiger partial charge is 0.313 e. The molecule has 0 aromatic heterocycles. The molecule has 0 heterocycles. The third-order valence-electron chi connectivity index (χ3n) is 3.18. The Morgan fingerprint density at radius 1 is 1.14 bits per heavy atom. The van der Waals surface area contributed by atoms with E-state index in [1.165, 1.54) is 17.7 Å². The Labute approximate surface area is 138 Å². The van der Waals surface area contributed by atoms with Gasteiger partial charge in [0, 0.05) is 21.2 Å². The summed E-state index contributed by atoms with van der Waals surface area (Å²) >= 11 is 5.36. The van der Waals surface area contributed by atoms with Gasteiger partial charge in [0.1, 0.15) is 5.82 Å². The summed E-state index contributed by atoms with van der Waals surface area (Å²) in [5.74, 6) is 0.775. The molecule has 112 valence electrons. The molecule has 0 bridgehead atoms. The number of nitrogens with one attached hydrogen (secondary N) is 1. The van der Waals surface area contributed by atoms with Crippen molar-refractivity contribution in [1.29, 1.82) is 0 Å². The van der Waals surface area contributed by atoms with Crippen LogP contribution in [0.3, 0.4) is 0 Å². The van der Waals surface area contributed by atoms with E-state index in [0.29, 0.717) is 6.04 Å². The standard InChI is InChI=1S/C17H19BrFNS/c1-2-20-15(11-13-5-3-4-6-17(13)18)12-21-16-9-7-14(19)8-10-16/h3-10,15,20H,2,11-12H2,1H3. The Hall–Kier alpha value is -0.840. The average molecular weight is 368 g/mol. The van der Waals surface area contributed by atoms with Crippen molar-refractivity contribution in [3.05, 3.63) is 64.4 Å².